The molecule has 7 heteroatoms. The van der Waals surface area contributed by atoms with E-state index in [2.05, 4.69) is 10.1 Å². The van der Waals surface area contributed by atoms with Gasteiger partial charge in [0.15, 0.2) is 5.82 Å². The van der Waals surface area contributed by atoms with Crippen molar-refractivity contribution < 1.29 is 14.1 Å². The summed E-state index contributed by atoms with van der Waals surface area (Å²) in [6.45, 7) is 4.18. The Morgan fingerprint density at radius 2 is 2.20 bits per heavy atom. The number of nitrogens with zero attached hydrogens (tertiary/aromatic N) is 3. The molecule has 0 saturated carbocycles. The summed E-state index contributed by atoms with van der Waals surface area (Å²) in [5, 5.41) is 3.96. The second-order valence-corrected chi connectivity index (χ2v) is 6.33. The first kappa shape index (κ1) is 17.4. The number of rotatable bonds is 6. The number of hydrogen-bond donors (Lipinski definition) is 1. The SMILES string of the molecule is Cc1nc(CC2CCN(C(=O)c3cccc(OCCN)c3)CC2)no1. The summed E-state index contributed by atoms with van der Waals surface area (Å²) in [6.07, 6.45) is 2.70. The molecule has 7 nitrogen and oxygen atoms in total. The van der Waals surface area contributed by atoms with Gasteiger partial charge in [0.25, 0.3) is 5.91 Å². The molecule has 1 amide bonds. The van der Waals surface area contributed by atoms with Crippen molar-refractivity contribution in [2.75, 3.05) is 26.2 Å². The van der Waals surface area contributed by atoms with E-state index in [9.17, 15) is 4.79 Å². The third-order valence-electron chi connectivity index (χ3n) is 4.41. The summed E-state index contributed by atoms with van der Waals surface area (Å²) in [4.78, 5) is 18.9. The minimum Gasteiger partial charge on any atom is -0.492 e. The molecule has 0 spiro atoms. The van der Waals surface area contributed by atoms with Crippen LogP contribution >= 0.6 is 0 Å². The number of piperidine rings is 1. The van der Waals surface area contributed by atoms with Crippen LogP contribution in [0.5, 0.6) is 5.75 Å². The van der Waals surface area contributed by atoms with Gasteiger partial charge in [-0.2, -0.15) is 4.98 Å². The summed E-state index contributed by atoms with van der Waals surface area (Å²) in [7, 11) is 0. The Morgan fingerprint density at radius 3 is 2.88 bits per heavy atom. The van der Waals surface area contributed by atoms with E-state index in [0.717, 1.165) is 38.2 Å². The lowest BCUT2D eigenvalue weighted by Gasteiger charge is -2.31. The first-order valence-corrected chi connectivity index (χ1v) is 8.67. The molecule has 1 saturated heterocycles. The molecule has 0 atom stereocenters. The molecule has 0 bridgehead atoms. The smallest absolute Gasteiger partial charge is 0.253 e. The molecule has 0 aliphatic carbocycles. The molecule has 0 unspecified atom stereocenters. The first-order valence-electron chi connectivity index (χ1n) is 8.67. The maximum atomic E-state index is 12.7. The molecule has 1 aliphatic rings. The van der Waals surface area contributed by atoms with Gasteiger partial charge in [0.05, 0.1) is 0 Å². The molecular formula is C18H24N4O3. The quantitative estimate of drug-likeness (QED) is 0.859. The fourth-order valence-corrected chi connectivity index (χ4v) is 3.10. The fourth-order valence-electron chi connectivity index (χ4n) is 3.10. The van der Waals surface area contributed by atoms with Crippen molar-refractivity contribution in [2.45, 2.75) is 26.2 Å². The summed E-state index contributed by atoms with van der Waals surface area (Å²) in [5.41, 5.74) is 6.10. The number of amides is 1. The average molecular weight is 344 g/mol. The second-order valence-electron chi connectivity index (χ2n) is 6.33. The van der Waals surface area contributed by atoms with Gasteiger partial charge in [0.1, 0.15) is 12.4 Å². The lowest BCUT2D eigenvalue weighted by Crippen LogP contribution is -2.39. The Bertz CT molecular complexity index is 708. The predicted molar refractivity (Wildman–Crippen MR) is 92.4 cm³/mol. The molecule has 2 N–H and O–H groups in total. The Labute approximate surface area is 147 Å². The highest BCUT2D eigenvalue weighted by molar-refractivity contribution is 5.94. The molecule has 25 heavy (non-hydrogen) atoms. The summed E-state index contributed by atoms with van der Waals surface area (Å²) < 4.78 is 10.5. The van der Waals surface area contributed by atoms with Crippen LogP contribution in [0.1, 0.15) is 34.9 Å². The van der Waals surface area contributed by atoms with Crippen LogP contribution in [0.3, 0.4) is 0 Å². The highest BCUT2D eigenvalue weighted by Crippen LogP contribution is 2.23. The number of likely N-dealkylation sites (tertiary alicyclic amines) is 1. The molecule has 3 rings (SSSR count). The van der Waals surface area contributed by atoms with Gasteiger partial charge in [-0.05, 0) is 37.0 Å². The topological polar surface area (TPSA) is 94.5 Å². The minimum atomic E-state index is 0.0482. The van der Waals surface area contributed by atoms with Gasteiger partial charge in [0, 0.05) is 38.5 Å². The number of carbonyl (C=O) groups is 1. The molecule has 1 aromatic carbocycles. The van der Waals surface area contributed by atoms with E-state index in [4.69, 9.17) is 15.0 Å². The van der Waals surface area contributed by atoms with Crippen LogP contribution in [0, 0.1) is 12.8 Å². The lowest BCUT2D eigenvalue weighted by atomic mass is 9.93. The third kappa shape index (κ3) is 4.57. The normalized spacial score (nSPS) is 15.4. The number of hydrogen-bond acceptors (Lipinski definition) is 6. The molecular weight excluding hydrogens is 320 g/mol. The lowest BCUT2D eigenvalue weighted by molar-refractivity contribution is 0.0689. The second kappa shape index (κ2) is 8.11. The van der Waals surface area contributed by atoms with Crippen LogP contribution in [0.4, 0.5) is 0 Å². The number of nitrogens with two attached hydrogens (primary N) is 1. The molecule has 2 heterocycles. The van der Waals surface area contributed by atoms with Crippen molar-refractivity contribution in [1.82, 2.24) is 15.0 Å². The van der Waals surface area contributed by atoms with Crippen LogP contribution in [0.15, 0.2) is 28.8 Å². The zero-order valence-corrected chi connectivity index (χ0v) is 14.5. The summed E-state index contributed by atoms with van der Waals surface area (Å²) in [6, 6.07) is 7.29. The Balaban J connectivity index is 1.54. The van der Waals surface area contributed by atoms with E-state index in [1.54, 1.807) is 13.0 Å². The molecule has 1 fully saturated rings. The Hall–Kier alpha value is -2.41. The van der Waals surface area contributed by atoms with Crippen molar-refractivity contribution in [3.05, 3.63) is 41.5 Å². The van der Waals surface area contributed by atoms with Gasteiger partial charge in [-0.25, -0.2) is 0 Å². The largest absolute Gasteiger partial charge is 0.492 e. The van der Waals surface area contributed by atoms with Crippen LogP contribution in [-0.4, -0.2) is 47.2 Å². The van der Waals surface area contributed by atoms with Crippen molar-refractivity contribution in [3.63, 3.8) is 0 Å². The van der Waals surface area contributed by atoms with Gasteiger partial charge < -0.3 is 19.9 Å². The monoisotopic (exact) mass is 344 g/mol. The number of aromatic nitrogens is 2. The first-order chi connectivity index (χ1) is 12.2. The highest BCUT2D eigenvalue weighted by atomic mass is 16.5. The number of carbonyl (C=O) groups excluding carboxylic acids is 1. The van der Waals surface area contributed by atoms with E-state index >= 15 is 0 Å². The van der Waals surface area contributed by atoms with Crippen molar-refractivity contribution in [1.29, 1.82) is 0 Å². The van der Waals surface area contributed by atoms with E-state index in [-0.39, 0.29) is 5.91 Å². The van der Waals surface area contributed by atoms with E-state index in [0.29, 0.717) is 36.3 Å². The molecule has 2 aromatic rings. The van der Waals surface area contributed by atoms with Crippen LogP contribution in [0.2, 0.25) is 0 Å². The minimum absolute atomic E-state index is 0.0482. The predicted octanol–water partition coefficient (Wildman–Crippen LogP) is 1.81. The highest BCUT2D eigenvalue weighted by Gasteiger charge is 2.25. The van der Waals surface area contributed by atoms with Crippen molar-refractivity contribution in [3.8, 4) is 5.75 Å². The van der Waals surface area contributed by atoms with Crippen molar-refractivity contribution >= 4 is 5.91 Å². The van der Waals surface area contributed by atoms with Gasteiger partial charge in [-0.1, -0.05) is 11.2 Å². The van der Waals surface area contributed by atoms with Gasteiger partial charge in [0.2, 0.25) is 5.89 Å². The maximum Gasteiger partial charge on any atom is 0.253 e. The van der Waals surface area contributed by atoms with Crippen LogP contribution < -0.4 is 10.5 Å². The van der Waals surface area contributed by atoms with Crippen LogP contribution in [-0.2, 0) is 6.42 Å². The molecule has 1 aliphatic heterocycles. The fraction of sp³-hybridized carbons (Fsp3) is 0.500. The maximum absolute atomic E-state index is 12.7. The standard InChI is InChI=1S/C18H24N4O3/c1-13-20-17(21-25-13)11-14-5-8-22(9-6-14)18(23)15-3-2-4-16(12-15)24-10-7-19/h2-4,12,14H,5-11,19H2,1H3. The Kier molecular flexibility index (Phi) is 5.65. The van der Waals surface area contributed by atoms with Crippen LogP contribution in [0.25, 0.3) is 0 Å². The Morgan fingerprint density at radius 1 is 1.40 bits per heavy atom. The average Bonchev–Trinajstić information content (AvgIpc) is 3.05. The third-order valence-corrected chi connectivity index (χ3v) is 4.41. The number of benzene rings is 1. The molecule has 1 aromatic heterocycles. The van der Waals surface area contributed by atoms with E-state index in [1.165, 1.54) is 0 Å². The van der Waals surface area contributed by atoms with E-state index < -0.39 is 0 Å². The zero-order chi connectivity index (χ0) is 17.6. The number of ether oxygens (including phenoxy) is 1. The molecule has 0 radical (unpaired) electrons. The summed E-state index contributed by atoms with van der Waals surface area (Å²) >= 11 is 0. The number of aryl methyl sites for hydroxylation is 1. The molecule has 134 valence electrons. The van der Waals surface area contributed by atoms with Gasteiger partial charge in [-0.15, -0.1) is 0 Å². The van der Waals surface area contributed by atoms with E-state index in [1.807, 2.05) is 23.1 Å². The summed E-state index contributed by atoms with van der Waals surface area (Å²) in [5.74, 6) is 2.57. The van der Waals surface area contributed by atoms with Gasteiger partial charge in [-0.3, -0.25) is 4.79 Å². The zero-order valence-electron chi connectivity index (χ0n) is 14.5. The van der Waals surface area contributed by atoms with Crippen molar-refractivity contribution in [2.24, 2.45) is 11.7 Å². The van der Waals surface area contributed by atoms with Gasteiger partial charge >= 0.3 is 0 Å².